The van der Waals surface area contributed by atoms with Gasteiger partial charge in [0.15, 0.2) is 0 Å². The van der Waals surface area contributed by atoms with Crippen molar-refractivity contribution in [1.82, 2.24) is 4.90 Å². The van der Waals surface area contributed by atoms with Crippen molar-refractivity contribution in [2.24, 2.45) is 0 Å². The lowest BCUT2D eigenvalue weighted by Gasteiger charge is -2.38. The molecule has 0 amide bonds. The van der Waals surface area contributed by atoms with E-state index in [1.54, 1.807) is 0 Å². The van der Waals surface area contributed by atoms with E-state index in [1.807, 2.05) is 0 Å². The molecule has 0 N–H and O–H groups in total. The Morgan fingerprint density at radius 2 is 1.76 bits per heavy atom. The van der Waals surface area contributed by atoms with Crippen molar-refractivity contribution in [1.29, 1.82) is 0 Å². The van der Waals surface area contributed by atoms with Crippen molar-refractivity contribution in [2.45, 2.75) is 97.1 Å². The fourth-order valence-corrected chi connectivity index (χ4v) is 3.37. The SMILES string of the molecule is CCCCCCCC(CC)N1CCCC1(C)C. The first-order valence-electron chi connectivity index (χ1n) is 7.88. The summed E-state index contributed by atoms with van der Waals surface area (Å²) < 4.78 is 0. The number of unbranched alkanes of at least 4 members (excludes halogenated alkanes) is 4. The van der Waals surface area contributed by atoms with Crippen molar-refractivity contribution >= 4 is 0 Å². The van der Waals surface area contributed by atoms with Gasteiger partial charge in [-0.15, -0.1) is 0 Å². The molecule has 0 aromatic heterocycles. The molecule has 1 fully saturated rings. The quantitative estimate of drug-likeness (QED) is 0.539. The summed E-state index contributed by atoms with van der Waals surface area (Å²) in [6.45, 7) is 10.9. The van der Waals surface area contributed by atoms with Crippen LogP contribution < -0.4 is 0 Å². The van der Waals surface area contributed by atoms with Crippen molar-refractivity contribution in [3.05, 3.63) is 0 Å². The molecule has 1 unspecified atom stereocenters. The number of hydrogen-bond acceptors (Lipinski definition) is 1. The minimum atomic E-state index is 0.462. The van der Waals surface area contributed by atoms with Crippen molar-refractivity contribution in [3.8, 4) is 0 Å². The van der Waals surface area contributed by atoms with E-state index in [0.29, 0.717) is 5.54 Å². The van der Waals surface area contributed by atoms with Gasteiger partial charge in [0.1, 0.15) is 0 Å². The van der Waals surface area contributed by atoms with Crippen LogP contribution in [0.4, 0.5) is 0 Å². The summed E-state index contributed by atoms with van der Waals surface area (Å²) in [4.78, 5) is 2.78. The molecule has 1 heterocycles. The number of rotatable bonds is 8. The highest BCUT2D eigenvalue weighted by molar-refractivity contribution is 4.91. The molecule has 0 saturated carbocycles. The van der Waals surface area contributed by atoms with E-state index in [0.717, 1.165) is 6.04 Å². The molecule has 0 aliphatic carbocycles. The Balaban J connectivity index is 2.28. The molecule has 102 valence electrons. The van der Waals surface area contributed by atoms with Gasteiger partial charge in [0.25, 0.3) is 0 Å². The van der Waals surface area contributed by atoms with E-state index in [9.17, 15) is 0 Å². The van der Waals surface area contributed by atoms with E-state index in [1.165, 1.54) is 64.3 Å². The molecule has 0 aromatic carbocycles. The Morgan fingerprint density at radius 3 is 2.29 bits per heavy atom. The summed E-state index contributed by atoms with van der Waals surface area (Å²) in [6, 6.07) is 0.842. The van der Waals surface area contributed by atoms with Crippen LogP contribution in [0, 0.1) is 0 Å². The van der Waals surface area contributed by atoms with Gasteiger partial charge in [0, 0.05) is 11.6 Å². The van der Waals surface area contributed by atoms with Crippen LogP contribution >= 0.6 is 0 Å². The van der Waals surface area contributed by atoms with Crippen LogP contribution in [0.25, 0.3) is 0 Å². The molecule has 0 bridgehead atoms. The molecule has 0 radical (unpaired) electrons. The smallest absolute Gasteiger partial charge is 0.0156 e. The summed E-state index contributed by atoms with van der Waals surface area (Å²) in [5.41, 5.74) is 0.462. The Hall–Kier alpha value is -0.0400. The largest absolute Gasteiger partial charge is 0.295 e. The first-order valence-corrected chi connectivity index (χ1v) is 7.88. The lowest BCUT2D eigenvalue weighted by atomic mass is 9.97. The Morgan fingerprint density at radius 1 is 1.06 bits per heavy atom. The third-order valence-electron chi connectivity index (χ3n) is 4.52. The van der Waals surface area contributed by atoms with Gasteiger partial charge in [0.2, 0.25) is 0 Å². The fraction of sp³-hybridized carbons (Fsp3) is 1.00. The molecule has 1 heteroatoms. The van der Waals surface area contributed by atoms with Gasteiger partial charge in [-0.3, -0.25) is 4.90 Å². The van der Waals surface area contributed by atoms with Crippen molar-refractivity contribution in [3.63, 3.8) is 0 Å². The van der Waals surface area contributed by atoms with Crippen LogP contribution in [-0.2, 0) is 0 Å². The van der Waals surface area contributed by atoms with Crippen LogP contribution in [-0.4, -0.2) is 23.0 Å². The lowest BCUT2D eigenvalue weighted by molar-refractivity contribution is 0.104. The standard InChI is InChI=1S/C16H33N/c1-5-7-8-9-10-12-15(6-2)17-14-11-13-16(17,3)4/h15H,5-14H2,1-4H3. The molecular formula is C16H33N. The molecule has 1 rings (SSSR count). The average molecular weight is 239 g/mol. The highest BCUT2D eigenvalue weighted by Gasteiger charge is 2.35. The maximum Gasteiger partial charge on any atom is 0.0156 e. The number of nitrogens with zero attached hydrogens (tertiary/aromatic N) is 1. The normalized spacial score (nSPS) is 21.9. The Bertz CT molecular complexity index is 198. The predicted molar refractivity (Wildman–Crippen MR) is 77.5 cm³/mol. The molecule has 17 heavy (non-hydrogen) atoms. The van der Waals surface area contributed by atoms with Gasteiger partial charge in [-0.25, -0.2) is 0 Å². The lowest BCUT2D eigenvalue weighted by Crippen LogP contribution is -2.45. The summed E-state index contributed by atoms with van der Waals surface area (Å²) in [5, 5.41) is 0. The number of likely N-dealkylation sites (tertiary alicyclic amines) is 1. The second-order valence-corrected chi connectivity index (χ2v) is 6.37. The summed E-state index contributed by atoms with van der Waals surface area (Å²) in [7, 11) is 0. The molecular weight excluding hydrogens is 206 g/mol. The zero-order valence-electron chi connectivity index (χ0n) is 12.6. The molecule has 1 atom stereocenters. The highest BCUT2D eigenvalue weighted by Crippen LogP contribution is 2.32. The van der Waals surface area contributed by atoms with Gasteiger partial charge < -0.3 is 0 Å². The predicted octanol–water partition coefficient (Wildman–Crippen LogP) is 5.00. The maximum absolute atomic E-state index is 2.78. The molecule has 0 spiro atoms. The molecule has 1 saturated heterocycles. The van der Waals surface area contributed by atoms with E-state index >= 15 is 0 Å². The van der Waals surface area contributed by atoms with Crippen molar-refractivity contribution in [2.75, 3.05) is 6.54 Å². The monoisotopic (exact) mass is 239 g/mol. The Kier molecular flexibility index (Phi) is 6.54. The summed E-state index contributed by atoms with van der Waals surface area (Å²) >= 11 is 0. The minimum absolute atomic E-state index is 0.462. The summed E-state index contributed by atoms with van der Waals surface area (Å²) in [6.07, 6.45) is 12.6. The second kappa shape index (κ2) is 7.41. The second-order valence-electron chi connectivity index (χ2n) is 6.37. The molecule has 1 aliphatic rings. The van der Waals surface area contributed by atoms with E-state index in [-0.39, 0.29) is 0 Å². The van der Waals surface area contributed by atoms with E-state index in [2.05, 4.69) is 32.6 Å². The van der Waals surface area contributed by atoms with E-state index in [4.69, 9.17) is 0 Å². The summed E-state index contributed by atoms with van der Waals surface area (Å²) in [5.74, 6) is 0. The first kappa shape index (κ1) is 15.0. The number of hydrogen-bond donors (Lipinski definition) is 0. The Labute approximate surface area is 109 Å². The third-order valence-corrected chi connectivity index (χ3v) is 4.52. The maximum atomic E-state index is 2.78. The van der Waals surface area contributed by atoms with Gasteiger partial charge in [-0.1, -0.05) is 46.0 Å². The van der Waals surface area contributed by atoms with Crippen LogP contribution in [0.15, 0.2) is 0 Å². The van der Waals surface area contributed by atoms with Gasteiger partial charge in [0.05, 0.1) is 0 Å². The zero-order chi connectivity index (χ0) is 12.7. The van der Waals surface area contributed by atoms with E-state index < -0.39 is 0 Å². The minimum Gasteiger partial charge on any atom is -0.295 e. The topological polar surface area (TPSA) is 3.24 Å². The van der Waals surface area contributed by atoms with Crippen LogP contribution in [0.2, 0.25) is 0 Å². The molecule has 1 nitrogen and oxygen atoms in total. The van der Waals surface area contributed by atoms with Gasteiger partial charge in [-0.2, -0.15) is 0 Å². The highest BCUT2D eigenvalue weighted by atomic mass is 15.2. The van der Waals surface area contributed by atoms with Crippen molar-refractivity contribution < 1.29 is 0 Å². The first-order chi connectivity index (χ1) is 8.11. The fourth-order valence-electron chi connectivity index (χ4n) is 3.37. The van der Waals surface area contributed by atoms with Crippen LogP contribution in [0.1, 0.15) is 85.5 Å². The molecule has 0 aromatic rings. The van der Waals surface area contributed by atoms with Gasteiger partial charge in [-0.05, 0) is 46.1 Å². The zero-order valence-corrected chi connectivity index (χ0v) is 12.6. The van der Waals surface area contributed by atoms with Crippen LogP contribution in [0.3, 0.4) is 0 Å². The molecule has 1 aliphatic heterocycles. The average Bonchev–Trinajstić information content (AvgIpc) is 2.64. The van der Waals surface area contributed by atoms with Crippen LogP contribution in [0.5, 0.6) is 0 Å². The third kappa shape index (κ3) is 4.62. The van der Waals surface area contributed by atoms with Gasteiger partial charge >= 0.3 is 0 Å².